The number of benzene rings is 2. The van der Waals surface area contributed by atoms with E-state index in [1.54, 1.807) is 25.6 Å². The fraction of sp³-hybridized carbons (Fsp3) is 0.200. The lowest BCUT2D eigenvalue weighted by Crippen LogP contribution is -2.34. The van der Waals surface area contributed by atoms with E-state index in [-0.39, 0.29) is 16.5 Å². The van der Waals surface area contributed by atoms with Crippen LogP contribution in [0.4, 0.5) is 15.8 Å². The Balaban J connectivity index is 1.82. The highest BCUT2D eigenvalue weighted by Gasteiger charge is 2.21. The first-order valence-electron chi connectivity index (χ1n) is 8.66. The zero-order valence-corrected chi connectivity index (χ0v) is 16.4. The molecule has 28 heavy (non-hydrogen) atoms. The second-order valence-corrected chi connectivity index (χ2v) is 6.83. The number of rotatable bonds is 5. The summed E-state index contributed by atoms with van der Waals surface area (Å²) in [6.07, 6.45) is 0. The van der Waals surface area contributed by atoms with Gasteiger partial charge >= 0.3 is 0 Å². The number of anilines is 2. The van der Waals surface area contributed by atoms with E-state index in [0.29, 0.717) is 17.1 Å². The first-order chi connectivity index (χ1) is 13.3. The van der Waals surface area contributed by atoms with Gasteiger partial charge in [0.15, 0.2) is 0 Å². The maximum Gasteiger partial charge on any atom is 0.295 e. The van der Waals surface area contributed by atoms with Gasteiger partial charge in [-0.3, -0.25) is 14.3 Å². The molecule has 2 N–H and O–H groups in total. The third-order valence-electron chi connectivity index (χ3n) is 4.50. The molecule has 146 valence electrons. The summed E-state index contributed by atoms with van der Waals surface area (Å²) in [6, 6.07) is 12.5. The summed E-state index contributed by atoms with van der Waals surface area (Å²) in [5, 5.41) is 5.56. The van der Waals surface area contributed by atoms with Crippen LogP contribution >= 0.6 is 11.6 Å². The van der Waals surface area contributed by atoms with Gasteiger partial charge in [-0.05, 0) is 44.2 Å². The predicted molar refractivity (Wildman–Crippen MR) is 109 cm³/mol. The number of carbonyl (C=O) groups is 1. The lowest BCUT2D eigenvalue weighted by atomic mass is 10.2. The molecule has 3 rings (SSSR count). The minimum absolute atomic E-state index is 0.0805. The largest absolute Gasteiger partial charge is 0.368 e. The van der Waals surface area contributed by atoms with Crippen molar-refractivity contribution in [3.05, 3.63) is 75.4 Å². The van der Waals surface area contributed by atoms with Crippen LogP contribution in [-0.2, 0) is 11.8 Å². The smallest absolute Gasteiger partial charge is 0.295 e. The summed E-state index contributed by atoms with van der Waals surface area (Å²) >= 11 is 5.74. The summed E-state index contributed by atoms with van der Waals surface area (Å²) < 4.78 is 16.5. The van der Waals surface area contributed by atoms with Crippen molar-refractivity contribution in [2.24, 2.45) is 7.05 Å². The second kappa shape index (κ2) is 7.90. The molecule has 0 aliphatic carbocycles. The number of carbonyl (C=O) groups excluding carboxylic acids is 1. The SMILES string of the molecule is Cc1c(NC(C)C(=O)Nc2ccc(F)c(Cl)c2)c(=O)n(-c2ccccc2)n1C. The number of amides is 1. The van der Waals surface area contributed by atoms with Gasteiger partial charge in [0, 0.05) is 12.7 Å². The van der Waals surface area contributed by atoms with Gasteiger partial charge < -0.3 is 10.6 Å². The highest BCUT2D eigenvalue weighted by atomic mass is 35.5. The van der Waals surface area contributed by atoms with E-state index in [0.717, 1.165) is 5.69 Å². The molecule has 6 nitrogen and oxygen atoms in total. The molecule has 1 unspecified atom stereocenters. The molecule has 8 heteroatoms. The minimum atomic E-state index is -0.707. The number of nitrogens with zero attached hydrogens (tertiary/aromatic N) is 2. The van der Waals surface area contributed by atoms with Crippen LogP contribution < -0.4 is 16.2 Å². The summed E-state index contributed by atoms with van der Waals surface area (Å²) in [6.45, 7) is 3.44. The third-order valence-corrected chi connectivity index (χ3v) is 4.79. The molecule has 1 amide bonds. The number of aromatic nitrogens is 2. The van der Waals surface area contributed by atoms with Crippen LogP contribution in [0.1, 0.15) is 12.6 Å². The second-order valence-electron chi connectivity index (χ2n) is 6.42. The molecule has 0 aliphatic heterocycles. The van der Waals surface area contributed by atoms with Crippen LogP contribution in [0, 0.1) is 12.7 Å². The van der Waals surface area contributed by atoms with Crippen molar-refractivity contribution in [2.45, 2.75) is 19.9 Å². The van der Waals surface area contributed by atoms with Crippen molar-refractivity contribution in [2.75, 3.05) is 10.6 Å². The van der Waals surface area contributed by atoms with E-state index >= 15 is 0 Å². The van der Waals surface area contributed by atoms with Gasteiger partial charge in [-0.15, -0.1) is 0 Å². The Bertz CT molecular complexity index is 1080. The van der Waals surface area contributed by atoms with Crippen molar-refractivity contribution < 1.29 is 9.18 Å². The first kappa shape index (κ1) is 19.7. The topological polar surface area (TPSA) is 68.1 Å². The Hall–Kier alpha value is -3.06. The minimum Gasteiger partial charge on any atom is -0.368 e. The highest BCUT2D eigenvalue weighted by molar-refractivity contribution is 6.31. The number of hydrogen-bond donors (Lipinski definition) is 2. The van der Waals surface area contributed by atoms with E-state index in [2.05, 4.69) is 10.6 Å². The normalized spacial score (nSPS) is 11.9. The molecule has 1 atom stereocenters. The lowest BCUT2D eigenvalue weighted by molar-refractivity contribution is -0.116. The fourth-order valence-corrected chi connectivity index (χ4v) is 3.02. The number of hydrogen-bond acceptors (Lipinski definition) is 3. The Morgan fingerprint density at radius 3 is 2.50 bits per heavy atom. The van der Waals surface area contributed by atoms with Crippen molar-refractivity contribution in [3.63, 3.8) is 0 Å². The first-order valence-corrected chi connectivity index (χ1v) is 9.04. The number of nitrogens with one attached hydrogen (secondary N) is 2. The van der Waals surface area contributed by atoms with E-state index in [9.17, 15) is 14.0 Å². The van der Waals surface area contributed by atoms with Gasteiger partial charge in [0.1, 0.15) is 17.5 Å². The maximum atomic E-state index is 13.3. The van der Waals surface area contributed by atoms with E-state index in [1.807, 2.05) is 30.3 Å². The quantitative estimate of drug-likeness (QED) is 0.683. The van der Waals surface area contributed by atoms with Gasteiger partial charge in [0.05, 0.1) is 16.4 Å². The van der Waals surface area contributed by atoms with Crippen LogP contribution in [0.2, 0.25) is 5.02 Å². The van der Waals surface area contributed by atoms with Crippen molar-refractivity contribution >= 4 is 28.9 Å². The summed E-state index contributed by atoms with van der Waals surface area (Å²) in [7, 11) is 1.78. The molecular weight excluding hydrogens is 383 g/mol. The van der Waals surface area contributed by atoms with Crippen molar-refractivity contribution in [1.82, 2.24) is 9.36 Å². The van der Waals surface area contributed by atoms with Crippen LogP contribution in [-0.4, -0.2) is 21.3 Å². The van der Waals surface area contributed by atoms with Crippen LogP contribution in [0.5, 0.6) is 0 Å². The van der Waals surface area contributed by atoms with E-state index < -0.39 is 11.9 Å². The van der Waals surface area contributed by atoms with Gasteiger partial charge in [0.2, 0.25) is 5.91 Å². The molecule has 0 fully saturated rings. The molecule has 0 spiro atoms. The standard InChI is InChI=1S/C20H20ClFN4O2/c1-12(19(27)24-14-9-10-17(22)16(21)11-14)23-18-13(2)25(3)26(20(18)28)15-7-5-4-6-8-15/h4-12,23H,1-3H3,(H,24,27). The molecule has 1 heterocycles. The molecule has 0 aliphatic rings. The third kappa shape index (κ3) is 3.80. The summed E-state index contributed by atoms with van der Waals surface area (Å²) in [5.41, 5.74) is 1.88. The molecule has 3 aromatic rings. The molecular formula is C20H20ClFN4O2. The molecule has 0 bridgehead atoms. The van der Waals surface area contributed by atoms with E-state index in [1.165, 1.54) is 22.9 Å². The number of halogens is 2. The Labute approximate surface area is 166 Å². The molecule has 0 radical (unpaired) electrons. The molecule has 0 saturated heterocycles. The lowest BCUT2D eigenvalue weighted by Gasteiger charge is -2.14. The average molecular weight is 403 g/mol. The van der Waals surface area contributed by atoms with E-state index in [4.69, 9.17) is 11.6 Å². The Morgan fingerprint density at radius 1 is 1.18 bits per heavy atom. The fourth-order valence-electron chi connectivity index (χ4n) is 2.84. The van der Waals surface area contributed by atoms with Crippen LogP contribution in [0.25, 0.3) is 5.69 Å². The van der Waals surface area contributed by atoms with Gasteiger partial charge in [-0.25, -0.2) is 9.07 Å². The van der Waals surface area contributed by atoms with Gasteiger partial charge in [-0.1, -0.05) is 29.8 Å². The van der Waals surface area contributed by atoms with Crippen LogP contribution in [0.3, 0.4) is 0 Å². The maximum absolute atomic E-state index is 13.3. The zero-order chi connectivity index (χ0) is 20.4. The van der Waals surface area contributed by atoms with Crippen molar-refractivity contribution in [3.8, 4) is 5.69 Å². The van der Waals surface area contributed by atoms with Crippen molar-refractivity contribution in [1.29, 1.82) is 0 Å². The van der Waals surface area contributed by atoms with Crippen LogP contribution in [0.15, 0.2) is 53.3 Å². The Kier molecular flexibility index (Phi) is 5.56. The summed E-state index contributed by atoms with van der Waals surface area (Å²) in [4.78, 5) is 25.4. The van der Waals surface area contributed by atoms with Gasteiger partial charge in [0.25, 0.3) is 5.56 Å². The summed E-state index contributed by atoms with van der Waals surface area (Å²) in [5.74, 6) is -0.941. The predicted octanol–water partition coefficient (Wildman–Crippen LogP) is 3.72. The highest BCUT2D eigenvalue weighted by Crippen LogP contribution is 2.20. The van der Waals surface area contributed by atoms with Gasteiger partial charge in [-0.2, -0.15) is 0 Å². The Morgan fingerprint density at radius 2 is 1.86 bits per heavy atom. The average Bonchev–Trinajstić information content (AvgIpc) is 2.88. The zero-order valence-electron chi connectivity index (χ0n) is 15.7. The molecule has 1 aromatic heterocycles. The molecule has 0 saturated carbocycles. The monoisotopic (exact) mass is 402 g/mol. The number of para-hydroxylation sites is 1. The molecule has 2 aromatic carbocycles.